The van der Waals surface area contributed by atoms with Gasteiger partial charge < -0.3 is 0 Å². The molecule has 1 nitrogen and oxygen atoms in total. The third-order valence-electron chi connectivity index (χ3n) is 4.30. The first kappa shape index (κ1) is 25.9. The number of hydrogen-bond donors (Lipinski definition) is 0. The lowest BCUT2D eigenvalue weighted by Crippen LogP contribution is -2.20. The van der Waals surface area contributed by atoms with Crippen LogP contribution in [0.3, 0.4) is 0 Å². The van der Waals surface area contributed by atoms with Gasteiger partial charge in [0.2, 0.25) is 17.5 Å². The Bertz CT molecular complexity index is 1290. The minimum atomic E-state index is -2.99. The highest BCUT2D eigenvalue weighted by atomic mass is 19.2. The van der Waals surface area contributed by atoms with E-state index >= 15 is 0 Å². The molecule has 3 aromatic rings. The smallest absolute Gasteiger partial charge is 0.200 e. The number of hydrogen-bond acceptors (Lipinski definition) is 1. The molecule has 0 saturated heterocycles. The van der Waals surface area contributed by atoms with Crippen LogP contribution in [0, 0.1) is 87.3 Å². The Labute approximate surface area is 181 Å². The largest absolute Gasteiger partial charge is 0.241 e. The van der Waals surface area contributed by atoms with Crippen LogP contribution in [0.25, 0.3) is 0 Å². The van der Waals surface area contributed by atoms with Crippen LogP contribution in [0.2, 0.25) is 0 Å². The van der Waals surface area contributed by atoms with Crippen molar-refractivity contribution in [2.24, 2.45) is 4.99 Å². The van der Waals surface area contributed by atoms with Crippen LogP contribution in [0.5, 0.6) is 0 Å². The molecule has 35 heavy (non-hydrogen) atoms. The van der Waals surface area contributed by atoms with Gasteiger partial charge in [-0.05, 0) is 0 Å². The molecule has 0 aliphatic rings. The van der Waals surface area contributed by atoms with E-state index in [1.54, 1.807) is 0 Å². The second-order valence-electron chi connectivity index (χ2n) is 6.27. The van der Waals surface area contributed by atoms with E-state index in [2.05, 4.69) is 4.99 Å². The Morgan fingerprint density at radius 1 is 0.286 bits per heavy atom. The van der Waals surface area contributed by atoms with E-state index in [0.29, 0.717) is 0 Å². The van der Waals surface area contributed by atoms with Gasteiger partial charge in [-0.1, -0.05) is 0 Å². The molecule has 0 bridgehead atoms. The van der Waals surface area contributed by atoms with Gasteiger partial charge in [-0.3, -0.25) is 0 Å². The molecule has 186 valence electrons. The Kier molecular flexibility index (Phi) is 6.52. The fourth-order valence-electron chi connectivity index (χ4n) is 2.67. The van der Waals surface area contributed by atoms with Gasteiger partial charge >= 0.3 is 0 Å². The fraction of sp³-hybridized carbons (Fsp3) is 0. The molecule has 3 rings (SSSR count). The van der Waals surface area contributed by atoms with Gasteiger partial charge in [0.1, 0.15) is 5.69 Å². The zero-order valence-corrected chi connectivity index (χ0v) is 15.6. The molecule has 0 amide bonds. The van der Waals surface area contributed by atoms with E-state index in [1.165, 1.54) is 0 Å². The fourth-order valence-corrected chi connectivity index (χ4v) is 2.67. The Hall–Kier alpha value is -3.72. The molecule has 0 spiro atoms. The van der Waals surface area contributed by atoms with Crippen molar-refractivity contribution in [3.8, 4) is 0 Å². The molecule has 16 heteroatoms. The third kappa shape index (κ3) is 3.76. The summed E-state index contributed by atoms with van der Waals surface area (Å²) in [5, 5.41) is 0. The number of rotatable bonds is 3. The molecular formula is C19F15N. The summed E-state index contributed by atoms with van der Waals surface area (Å²) < 4.78 is 207. The summed E-state index contributed by atoms with van der Waals surface area (Å²) in [6.45, 7) is 0. The van der Waals surface area contributed by atoms with Gasteiger partial charge in [0.05, 0.1) is 16.8 Å². The van der Waals surface area contributed by atoms with Crippen molar-refractivity contribution >= 4 is 11.4 Å². The zero-order chi connectivity index (χ0) is 26.7. The molecule has 0 fully saturated rings. The Morgan fingerprint density at radius 2 is 0.486 bits per heavy atom. The van der Waals surface area contributed by atoms with Crippen LogP contribution in [-0.4, -0.2) is 5.71 Å². The summed E-state index contributed by atoms with van der Waals surface area (Å²) in [6, 6.07) is 0. The van der Waals surface area contributed by atoms with Crippen molar-refractivity contribution in [2.45, 2.75) is 0 Å². The van der Waals surface area contributed by atoms with Crippen molar-refractivity contribution in [2.75, 3.05) is 0 Å². The van der Waals surface area contributed by atoms with Gasteiger partial charge in [-0.15, -0.1) is 0 Å². The lowest BCUT2D eigenvalue weighted by Gasteiger charge is -2.15. The molecule has 0 heterocycles. The minimum absolute atomic E-state index is 2.38. The summed E-state index contributed by atoms with van der Waals surface area (Å²) in [7, 11) is 0. The second kappa shape index (κ2) is 8.81. The van der Waals surface area contributed by atoms with E-state index in [0.717, 1.165) is 0 Å². The van der Waals surface area contributed by atoms with E-state index in [9.17, 15) is 65.9 Å². The van der Waals surface area contributed by atoms with E-state index in [-0.39, 0.29) is 0 Å². The summed E-state index contributed by atoms with van der Waals surface area (Å²) in [4.78, 5) is 2.38. The monoisotopic (exact) mass is 527 g/mol. The lowest BCUT2D eigenvalue weighted by molar-refractivity contribution is 0.373. The predicted octanol–water partition coefficient (Wildman–Crippen LogP) is 6.94. The molecule has 0 aliphatic heterocycles. The van der Waals surface area contributed by atoms with Crippen LogP contribution >= 0.6 is 0 Å². The van der Waals surface area contributed by atoms with Gasteiger partial charge in [0.25, 0.3) is 0 Å². The molecule has 0 aliphatic carbocycles. The second-order valence-corrected chi connectivity index (χ2v) is 6.27. The average Bonchev–Trinajstić information content (AvgIpc) is 2.83. The summed E-state index contributed by atoms with van der Waals surface area (Å²) in [5.74, 6) is -44.1. The van der Waals surface area contributed by atoms with Crippen molar-refractivity contribution in [3.63, 3.8) is 0 Å². The van der Waals surface area contributed by atoms with Gasteiger partial charge in [0, 0.05) is 0 Å². The predicted molar refractivity (Wildman–Crippen MR) is 84.0 cm³/mol. The number of halogens is 15. The highest BCUT2D eigenvalue weighted by molar-refractivity contribution is 6.14. The maximum atomic E-state index is 14.3. The van der Waals surface area contributed by atoms with E-state index < -0.39 is 110 Å². The number of nitrogens with zero attached hydrogens (tertiary/aromatic N) is 1. The Balaban J connectivity index is 2.64. The highest BCUT2D eigenvalue weighted by Crippen LogP contribution is 2.35. The maximum Gasteiger partial charge on any atom is 0.200 e. The lowest BCUT2D eigenvalue weighted by atomic mass is 9.98. The number of benzene rings is 3. The molecular weight excluding hydrogens is 527 g/mol. The molecule has 0 radical (unpaired) electrons. The van der Waals surface area contributed by atoms with E-state index in [1.807, 2.05) is 0 Å². The zero-order valence-electron chi connectivity index (χ0n) is 15.6. The van der Waals surface area contributed by atoms with Crippen molar-refractivity contribution in [1.29, 1.82) is 0 Å². The standard InChI is InChI=1S/C19F15N/c20-3-1(4(21)8(25)11(28)7(3)24)18(2-5(22)9(26)12(29)10(27)6(2)23)35-19-16(33)14(31)13(30)15(32)17(19)34. The van der Waals surface area contributed by atoms with Crippen molar-refractivity contribution < 1.29 is 65.9 Å². The minimum Gasteiger partial charge on any atom is -0.241 e. The SMILES string of the molecule is Fc1c(F)c(F)c(N=C(c2c(F)c(F)c(F)c(F)c2F)c2c(F)c(F)c(F)c(F)c2F)c(F)c1F. The first-order valence-electron chi connectivity index (χ1n) is 8.28. The van der Waals surface area contributed by atoms with Crippen LogP contribution in [0.1, 0.15) is 11.1 Å². The van der Waals surface area contributed by atoms with Crippen LogP contribution in [0.15, 0.2) is 4.99 Å². The third-order valence-corrected chi connectivity index (χ3v) is 4.30. The van der Waals surface area contributed by atoms with Crippen molar-refractivity contribution in [3.05, 3.63) is 98.4 Å². The van der Waals surface area contributed by atoms with Crippen LogP contribution in [-0.2, 0) is 0 Å². The summed E-state index contributed by atoms with van der Waals surface area (Å²) >= 11 is 0. The van der Waals surface area contributed by atoms with Crippen LogP contribution < -0.4 is 0 Å². The summed E-state index contributed by atoms with van der Waals surface area (Å²) in [6.07, 6.45) is 0. The molecule has 0 atom stereocenters. The average molecular weight is 527 g/mol. The topological polar surface area (TPSA) is 12.4 Å². The summed E-state index contributed by atoms with van der Waals surface area (Å²) in [5.41, 5.74) is -10.4. The van der Waals surface area contributed by atoms with Crippen molar-refractivity contribution in [1.82, 2.24) is 0 Å². The van der Waals surface area contributed by atoms with E-state index in [4.69, 9.17) is 0 Å². The molecule has 0 saturated carbocycles. The first-order valence-corrected chi connectivity index (χ1v) is 8.28. The Morgan fingerprint density at radius 3 is 0.743 bits per heavy atom. The number of aliphatic imine (C=N–C) groups is 1. The molecule has 0 aromatic heterocycles. The highest BCUT2D eigenvalue weighted by Gasteiger charge is 2.36. The molecule has 0 unspecified atom stereocenters. The first-order chi connectivity index (χ1) is 16.1. The van der Waals surface area contributed by atoms with Gasteiger partial charge in [0.15, 0.2) is 69.8 Å². The molecule has 0 N–H and O–H groups in total. The maximum absolute atomic E-state index is 14.3. The van der Waals surface area contributed by atoms with Crippen LogP contribution in [0.4, 0.5) is 71.5 Å². The molecule has 3 aromatic carbocycles. The normalized spacial score (nSPS) is 11.3. The van der Waals surface area contributed by atoms with Gasteiger partial charge in [-0.2, -0.15) is 0 Å². The quantitative estimate of drug-likeness (QED) is 0.152. The van der Waals surface area contributed by atoms with Gasteiger partial charge in [-0.25, -0.2) is 70.8 Å².